The van der Waals surface area contributed by atoms with Crippen molar-refractivity contribution in [2.24, 2.45) is 5.41 Å². The van der Waals surface area contributed by atoms with Gasteiger partial charge >= 0.3 is 23.0 Å². The Morgan fingerprint density at radius 1 is 1.10 bits per heavy atom. The Hall–Kier alpha value is -0.0105. The van der Waals surface area contributed by atoms with Crippen LogP contribution < -0.4 is 0 Å². The van der Waals surface area contributed by atoms with E-state index in [0.717, 1.165) is 12.8 Å². The third-order valence-electron chi connectivity index (χ3n) is 3.81. The van der Waals surface area contributed by atoms with Crippen LogP contribution in [0.4, 0.5) is 0 Å². The van der Waals surface area contributed by atoms with Crippen molar-refractivity contribution in [2.45, 2.75) is 39.7 Å². The zero-order valence-electron chi connectivity index (χ0n) is 12.8. The van der Waals surface area contributed by atoms with Gasteiger partial charge in [0.25, 0.3) is 0 Å². The summed E-state index contributed by atoms with van der Waals surface area (Å²) in [5.41, 5.74) is 0.0486. The molecule has 10 radical (unpaired) electrons. The molecule has 3 heteroatoms. The molecule has 3 aliphatic rings. The van der Waals surface area contributed by atoms with Crippen LogP contribution in [0.2, 0.25) is 0 Å². The van der Waals surface area contributed by atoms with E-state index < -0.39 is 0 Å². The average Bonchev–Trinajstić information content (AvgIpc) is 3.05. The van der Waals surface area contributed by atoms with Crippen molar-refractivity contribution >= 4 is 5.97 Å². The van der Waals surface area contributed by atoms with Crippen LogP contribution in [0.3, 0.4) is 0 Å². The van der Waals surface area contributed by atoms with Crippen LogP contribution in [0.5, 0.6) is 0 Å². The summed E-state index contributed by atoms with van der Waals surface area (Å²) in [5, 5.41) is 0. The SMILES string of the molecule is CC(=O)OC1[C]2[CH][CH][CH][C]2CCC1(C)C.[CH]1[CH][CH][CH][CH]1.[Fe+2]. The molecule has 0 spiro atoms. The van der Waals surface area contributed by atoms with Gasteiger partial charge < -0.3 is 4.74 Å². The topological polar surface area (TPSA) is 26.3 Å². The molecule has 2 nitrogen and oxygen atoms in total. The quantitative estimate of drug-likeness (QED) is 0.544. The Bertz CT molecular complexity index is 316. The minimum absolute atomic E-state index is 0. The molecule has 112 valence electrons. The summed E-state index contributed by atoms with van der Waals surface area (Å²) < 4.78 is 5.45. The molecule has 3 aliphatic carbocycles. The molecule has 3 saturated carbocycles. The monoisotopic (exact) mass is 326 g/mol. The number of ether oxygens (including phenoxy) is 1. The van der Waals surface area contributed by atoms with Crippen LogP contribution in [-0.2, 0) is 26.6 Å². The fourth-order valence-corrected chi connectivity index (χ4v) is 2.67. The third-order valence-corrected chi connectivity index (χ3v) is 3.81. The number of carbonyl (C=O) groups is 1. The number of hydrogen-bond acceptors (Lipinski definition) is 2. The number of hydrogen-bond donors (Lipinski definition) is 0. The van der Waals surface area contributed by atoms with Crippen molar-refractivity contribution in [3.05, 3.63) is 63.2 Å². The molecular weight excluding hydrogens is 304 g/mol. The third kappa shape index (κ3) is 5.28. The molecule has 0 heterocycles. The van der Waals surface area contributed by atoms with E-state index in [9.17, 15) is 4.79 Å². The van der Waals surface area contributed by atoms with Gasteiger partial charge in [-0.3, -0.25) is 4.79 Å². The van der Waals surface area contributed by atoms with Crippen LogP contribution in [-0.4, -0.2) is 12.1 Å². The molecule has 0 aliphatic heterocycles. The van der Waals surface area contributed by atoms with Crippen LogP contribution in [0.1, 0.15) is 33.6 Å². The Kier molecular flexibility index (Phi) is 7.78. The van der Waals surface area contributed by atoms with Gasteiger partial charge in [0.2, 0.25) is 0 Å². The van der Waals surface area contributed by atoms with Crippen LogP contribution in [0.25, 0.3) is 0 Å². The van der Waals surface area contributed by atoms with E-state index >= 15 is 0 Å². The van der Waals surface area contributed by atoms with E-state index in [4.69, 9.17) is 4.74 Å². The fourth-order valence-electron chi connectivity index (χ4n) is 2.67. The van der Waals surface area contributed by atoms with Gasteiger partial charge in [0.1, 0.15) is 6.10 Å². The van der Waals surface area contributed by atoms with Crippen molar-refractivity contribution in [2.75, 3.05) is 0 Å². The molecule has 0 aromatic heterocycles. The summed E-state index contributed by atoms with van der Waals surface area (Å²) in [6.07, 6.45) is 18.3. The second-order valence-corrected chi connectivity index (χ2v) is 5.95. The van der Waals surface area contributed by atoms with Gasteiger partial charge in [0, 0.05) is 18.3 Å². The minimum atomic E-state index is -0.192. The Labute approximate surface area is 141 Å². The molecule has 21 heavy (non-hydrogen) atoms. The fraction of sp³-hybridized carbons (Fsp3) is 0.389. The van der Waals surface area contributed by atoms with E-state index in [1.54, 1.807) is 0 Å². The summed E-state index contributed by atoms with van der Waals surface area (Å²) in [6.45, 7) is 5.81. The summed E-state index contributed by atoms with van der Waals surface area (Å²) in [6, 6.07) is 0. The maximum Gasteiger partial charge on any atom is 2.00 e. The normalized spacial score (nSPS) is 28.0. The van der Waals surface area contributed by atoms with E-state index in [2.05, 4.69) is 26.7 Å². The molecule has 0 bridgehead atoms. The van der Waals surface area contributed by atoms with E-state index in [-0.39, 0.29) is 34.6 Å². The van der Waals surface area contributed by atoms with Gasteiger partial charge in [0.05, 0.1) is 0 Å². The molecule has 0 N–H and O–H groups in total. The van der Waals surface area contributed by atoms with Gasteiger partial charge in [-0.2, -0.15) is 0 Å². The smallest absolute Gasteiger partial charge is 0.461 e. The van der Waals surface area contributed by atoms with Gasteiger partial charge in [-0.15, -0.1) is 0 Å². The maximum atomic E-state index is 11.1. The second kappa shape index (κ2) is 8.58. The Balaban J connectivity index is 0.000000313. The molecule has 1 unspecified atom stereocenters. The molecule has 1 atom stereocenters. The van der Waals surface area contributed by atoms with Gasteiger partial charge in [0.15, 0.2) is 0 Å². The summed E-state index contributed by atoms with van der Waals surface area (Å²) in [5.74, 6) is 2.34. The van der Waals surface area contributed by atoms with Gasteiger partial charge in [-0.05, 0) is 70.1 Å². The van der Waals surface area contributed by atoms with Gasteiger partial charge in [-0.1, -0.05) is 13.8 Å². The summed E-state index contributed by atoms with van der Waals surface area (Å²) in [4.78, 5) is 11.1. The molecule has 0 saturated heterocycles. The predicted octanol–water partition coefficient (Wildman–Crippen LogP) is 3.53. The Morgan fingerprint density at radius 3 is 2.19 bits per heavy atom. The zero-order chi connectivity index (χ0) is 14.6. The standard InChI is InChI=1S/C13H17O2.C5H5.Fe/c1-9(14)15-12-11-6-4-5-10(11)7-8-13(12,2)3;1-2-4-5-3-1;/h4-6,12H,7-8H2,1-3H3;1-5H;/q;;+2. The van der Waals surface area contributed by atoms with Crippen molar-refractivity contribution in [3.63, 3.8) is 0 Å². The average molecular weight is 326 g/mol. The second-order valence-electron chi connectivity index (χ2n) is 5.95. The molecule has 0 amide bonds. The van der Waals surface area contributed by atoms with Crippen LogP contribution in [0, 0.1) is 68.6 Å². The summed E-state index contributed by atoms with van der Waals surface area (Å²) >= 11 is 0. The van der Waals surface area contributed by atoms with Crippen molar-refractivity contribution < 1.29 is 26.6 Å². The van der Waals surface area contributed by atoms with E-state index in [1.807, 2.05) is 38.5 Å². The van der Waals surface area contributed by atoms with Crippen LogP contribution >= 0.6 is 0 Å². The first kappa shape index (κ1) is 19.0. The van der Waals surface area contributed by atoms with Crippen molar-refractivity contribution in [1.82, 2.24) is 0 Å². The van der Waals surface area contributed by atoms with Crippen molar-refractivity contribution in [1.29, 1.82) is 0 Å². The molecule has 3 fully saturated rings. The zero-order valence-corrected chi connectivity index (χ0v) is 13.9. The number of rotatable bonds is 1. The molecule has 0 aromatic rings. The Morgan fingerprint density at radius 2 is 1.67 bits per heavy atom. The first-order chi connectivity index (χ1) is 9.50. The van der Waals surface area contributed by atoms with Crippen LogP contribution in [0.15, 0.2) is 0 Å². The number of fused-ring (bicyclic) bond motifs is 1. The first-order valence-corrected chi connectivity index (χ1v) is 7.09. The van der Waals surface area contributed by atoms with Crippen molar-refractivity contribution in [3.8, 4) is 0 Å². The first-order valence-electron chi connectivity index (χ1n) is 7.09. The van der Waals surface area contributed by atoms with Gasteiger partial charge in [-0.25, -0.2) is 0 Å². The maximum absolute atomic E-state index is 11.1. The minimum Gasteiger partial charge on any atom is -0.461 e. The number of esters is 1. The molecule has 3 rings (SSSR count). The van der Waals surface area contributed by atoms with E-state index in [1.165, 1.54) is 18.8 Å². The summed E-state index contributed by atoms with van der Waals surface area (Å²) in [7, 11) is 0. The molecule has 0 aromatic carbocycles. The predicted molar refractivity (Wildman–Crippen MR) is 79.5 cm³/mol. The molecular formula is C18H22FeO2+2. The van der Waals surface area contributed by atoms with E-state index in [0.29, 0.717) is 0 Å². The largest absolute Gasteiger partial charge is 2.00 e. The number of carbonyl (C=O) groups excluding carboxylic acids is 1.